The van der Waals surface area contributed by atoms with Crippen molar-refractivity contribution in [2.75, 3.05) is 17.7 Å². The second-order valence-electron chi connectivity index (χ2n) is 16.4. The number of aromatic nitrogens is 5. The van der Waals surface area contributed by atoms with Gasteiger partial charge in [-0.3, -0.25) is 14.8 Å². The van der Waals surface area contributed by atoms with E-state index >= 15 is 0 Å². The van der Waals surface area contributed by atoms with Crippen molar-refractivity contribution in [2.24, 2.45) is 7.05 Å². The minimum absolute atomic E-state index is 0.0335. The molecule has 3 aromatic heterocycles. The lowest BCUT2D eigenvalue weighted by Crippen LogP contribution is -2.33. The van der Waals surface area contributed by atoms with Gasteiger partial charge < -0.3 is 35.2 Å². The average molecular weight is 847 g/mol. The number of sulfonamides is 1. The Morgan fingerprint density at radius 3 is 1.85 bits per heavy atom. The molecule has 0 unspecified atom stereocenters. The van der Waals surface area contributed by atoms with E-state index in [-0.39, 0.29) is 59.8 Å². The van der Waals surface area contributed by atoms with Crippen molar-refractivity contribution in [3.63, 3.8) is 0 Å². The number of anilines is 4. The largest absolute Gasteiger partial charge is 0.446 e. The molecule has 4 heterocycles. The summed E-state index contributed by atoms with van der Waals surface area (Å²) in [7, 11) is 0.0611. The Kier molecular flexibility index (Phi) is 12.6. The predicted octanol–water partition coefficient (Wildman–Crippen LogP) is 6.57. The highest BCUT2D eigenvalue weighted by molar-refractivity contribution is 7.88. The van der Waals surface area contributed by atoms with Crippen molar-refractivity contribution < 1.29 is 31.9 Å². The number of aromatic amines is 2. The Labute approximate surface area is 348 Å². The van der Waals surface area contributed by atoms with Crippen LogP contribution in [-0.2, 0) is 38.8 Å². The van der Waals surface area contributed by atoms with E-state index in [1.165, 1.54) is 8.87 Å². The number of benzene rings is 2. The van der Waals surface area contributed by atoms with E-state index in [0.717, 1.165) is 72.4 Å². The lowest BCUT2D eigenvalue weighted by molar-refractivity contribution is 0.0972. The van der Waals surface area contributed by atoms with Crippen LogP contribution in [0, 0.1) is 0 Å². The maximum Gasteiger partial charge on any atom is 0.419 e. The van der Waals surface area contributed by atoms with Gasteiger partial charge in [-0.05, 0) is 108 Å². The van der Waals surface area contributed by atoms with Gasteiger partial charge in [-0.2, -0.15) is 10.2 Å². The Morgan fingerprint density at radius 2 is 1.30 bits per heavy atom. The molecule has 18 nitrogen and oxygen atoms in total. The zero-order chi connectivity index (χ0) is 42.7. The molecule has 0 bridgehead atoms. The Hall–Kier alpha value is -5.82. The molecule has 3 aliphatic rings. The second-order valence-corrected chi connectivity index (χ2v) is 18.5. The zero-order valence-corrected chi connectivity index (χ0v) is 35.5. The summed E-state index contributed by atoms with van der Waals surface area (Å²) < 4.78 is 43.1. The van der Waals surface area contributed by atoms with Crippen LogP contribution in [0.4, 0.5) is 32.6 Å². The number of ether oxygens (including phenoxy) is 2. The second kappa shape index (κ2) is 17.8. The van der Waals surface area contributed by atoms with Crippen LogP contribution in [0.3, 0.4) is 0 Å². The van der Waals surface area contributed by atoms with Gasteiger partial charge in [-0.25, -0.2) is 27.1 Å². The standard InChI is InChI=1S/C21H29N5O4S.C20H25N5O4/c1-13(2)22-21(27)30-18-7-5-14(9-18)19-10-20(25-24-19)23-17-6-4-15-12-31(28,29)26(3)11-16(15)8-17;1-11(2)21-19(26)28-14-6-4-12(8-14)15-10-18(24-23-15)22-13-5-7-17-16(9-13)25(3)20(27)29-17/h4,6,8,10,13-14,18H,5,7,9,11-12H2,1-3H3,(H,22,27)(H2,23,24,25);5,7,9-12,14H,4,6,8H2,1-3H3,(H,21,26)(H2,22,23,24)/t14-,18+;12-,14+/m00/s1. The Morgan fingerprint density at radius 1 is 0.767 bits per heavy atom. The van der Waals surface area contributed by atoms with Crippen molar-refractivity contribution in [1.29, 1.82) is 0 Å². The van der Waals surface area contributed by atoms with Gasteiger partial charge in [0.2, 0.25) is 10.0 Å². The maximum absolute atomic E-state index is 12.0. The van der Waals surface area contributed by atoms with Gasteiger partial charge in [0, 0.05) is 79.5 Å². The monoisotopic (exact) mass is 846 g/mol. The van der Waals surface area contributed by atoms with E-state index in [1.807, 2.05) is 70.2 Å². The van der Waals surface area contributed by atoms with Gasteiger partial charge in [0.05, 0.1) is 11.3 Å². The van der Waals surface area contributed by atoms with Crippen LogP contribution in [0.15, 0.2) is 57.7 Å². The number of oxazole rings is 1. The normalized spacial score (nSPS) is 21.0. The summed E-state index contributed by atoms with van der Waals surface area (Å²) in [6.45, 7) is 7.98. The fourth-order valence-corrected chi connectivity index (χ4v) is 9.09. The number of carbonyl (C=O) groups excluding carboxylic acids is 2. The van der Waals surface area contributed by atoms with Crippen molar-refractivity contribution in [3.05, 3.63) is 81.6 Å². The molecule has 0 spiro atoms. The molecule has 8 rings (SSSR count). The summed E-state index contributed by atoms with van der Waals surface area (Å²) in [6, 6.07) is 15.2. The van der Waals surface area contributed by atoms with Gasteiger partial charge in [0.1, 0.15) is 12.2 Å². The van der Waals surface area contributed by atoms with E-state index < -0.39 is 10.0 Å². The number of fused-ring (bicyclic) bond motifs is 2. The molecular formula is C41H54N10O8S. The smallest absolute Gasteiger partial charge is 0.419 e. The van der Waals surface area contributed by atoms with Crippen LogP contribution in [0.25, 0.3) is 11.1 Å². The van der Waals surface area contributed by atoms with Crippen molar-refractivity contribution in [3.8, 4) is 0 Å². The molecule has 0 saturated heterocycles. The van der Waals surface area contributed by atoms with Gasteiger partial charge >= 0.3 is 17.9 Å². The third kappa shape index (κ3) is 10.3. The highest BCUT2D eigenvalue weighted by Crippen LogP contribution is 2.38. The number of nitrogens with zero attached hydrogens (tertiary/aromatic N) is 4. The van der Waals surface area contributed by atoms with Crippen LogP contribution >= 0.6 is 0 Å². The lowest BCUT2D eigenvalue weighted by atomic mass is 10.0. The molecule has 0 radical (unpaired) electrons. The molecule has 2 amide bonds. The minimum Gasteiger partial charge on any atom is -0.446 e. The van der Waals surface area contributed by atoms with Crippen LogP contribution in [0.1, 0.15) is 101 Å². The van der Waals surface area contributed by atoms with E-state index in [0.29, 0.717) is 29.3 Å². The number of nitrogens with one attached hydrogen (secondary N) is 6. The number of aryl methyl sites for hydroxylation is 1. The number of rotatable bonds is 10. The Balaban J connectivity index is 0.000000182. The highest BCUT2D eigenvalue weighted by atomic mass is 32.2. The molecule has 4 atom stereocenters. The van der Waals surface area contributed by atoms with Crippen molar-refractivity contribution >= 4 is 56.3 Å². The average Bonchev–Trinajstić information content (AvgIpc) is 4.02. The fraction of sp³-hybridized carbons (Fsp3) is 0.488. The number of hydrogen-bond donors (Lipinski definition) is 6. The van der Waals surface area contributed by atoms with Crippen LogP contribution in [-0.4, -0.2) is 81.2 Å². The molecule has 19 heteroatoms. The molecule has 2 aliphatic carbocycles. The van der Waals surface area contributed by atoms with Gasteiger partial charge in [-0.1, -0.05) is 6.07 Å². The first-order valence-electron chi connectivity index (χ1n) is 20.3. The van der Waals surface area contributed by atoms with Gasteiger partial charge in [-0.15, -0.1) is 0 Å². The summed E-state index contributed by atoms with van der Waals surface area (Å²) in [5.74, 6) is 1.57. The zero-order valence-electron chi connectivity index (χ0n) is 34.7. The number of hydrogen-bond acceptors (Lipinski definition) is 12. The third-order valence-electron chi connectivity index (χ3n) is 11.0. The molecule has 2 saturated carbocycles. The quantitative estimate of drug-likeness (QED) is 0.0877. The van der Waals surface area contributed by atoms with Crippen LogP contribution in [0.2, 0.25) is 0 Å². The fourth-order valence-electron chi connectivity index (χ4n) is 7.86. The molecule has 1 aliphatic heterocycles. The third-order valence-corrected chi connectivity index (χ3v) is 12.7. The van der Waals surface area contributed by atoms with E-state index in [4.69, 9.17) is 13.9 Å². The number of H-pyrrole nitrogens is 2. The molecule has 322 valence electrons. The maximum atomic E-state index is 12.0. The number of amides is 2. The molecule has 6 N–H and O–H groups in total. The Bertz CT molecular complexity index is 2490. The first-order chi connectivity index (χ1) is 28.6. The highest BCUT2D eigenvalue weighted by Gasteiger charge is 2.32. The molecule has 2 fully saturated rings. The summed E-state index contributed by atoms with van der Waals surface area (Å²) in [5, 5.41) is 26.9. The van der Waals surface area contributed by atoms with Crippen LogP contribution < -0.4 is 27.0 Å². The summed E-state index contributed by atoms with van der Waals surface area (Å²) in [6.07, 6.45) is 4.19. The lowest BCUT2D eigenvalue weighted by Gasteiger charge is -2.25. The van der Waals surface area contributed by atoms with Crippen molar-refractivity contribution in [1.82, 2.24) is 39.9 Å². The SMILES string of the molecule is CC(C)NC(=O)O[C@@H]1CC[C@H](c2cc(Nc3ccc4c(c3)CN(C)S(=O)(=O)C4)n[nH]2)C1.CC(C)NC(=O)O[C@@H]1CC[C@H](c2cc(Nc3ccc4oc(=O)n(C)c4c3)n[nH]2)C1. The summed E-state index contributed by atoms with van der Waals surface area (Å²) >= 11 is 0. The molecular weight excluding hydrogens is 793 g/mol. The van der Waals surface area contributed by atoms with E-state index in [9.17, 15) is 22.8 Å². The van der Waals surface area contributed by atoms with E-state index in [1.54, 1.807) is 20.2 Å². The van der Waals surface area contributed by atoms with Crippen LogP contribution in [0.5, 0.6) is 0 Å². The number of carbonyl (C=O) groups is 2. The topological polar surface area (TPSA) is 231 Å². The number of alkyl carbamates (subject to hydrolysis) is 2. The predicted molar refractivity (Wildman–Crippen MR) is 226 cm³/mol. The first kappa shape index (κ1) is 42.3. The minimum atomic E-state index is -3.21. The first-order valence-corrected chi connectivity index (χ1v) is 21.9. The summed E-state index contributed by atoms with van der Waals surface area (Å²) in [4.78, 5) is 35.2. The summed E-state index contributed by atoms with van der Waals surface area (Å²) in [5.41, 5.74) is 6.79. The molecule has 2 aromatic carbocycles. The molecule has 60 heavy (non-hydrogen) atoms. The van der Waals surface area contributed by atoms with Gasteiger partial charge in [0.25, 0.3) is 0 Å². The van der Waals surface area contributed by atoms with E-state index in [2.05, 4.69) is 41.7 Å². The molecule has 5 aromatic rings. The van der Waals surface area contributed by atoms with Crippen molar-refractivity contribution in [2.45, 2.75) is 115 Å². The van der Waals surface area contributed by atoms with Gasteiger partial charge in [0.15, 0.2) is 17.2 Å².